The van der Waals surface area contributed by atoms with Gasteiger partial charge in [0.25, 0.3) is 0 Å². The molecule has 0 spiro atoms. The summed E-state index contributed by atoms with van der Waals surface area (Å²) >= 11 is 0. The Kier molecular flexibility index (Phi) is 5.88. The van der Waals surface area contributed by atoms with Crippen LogP contribution in [0.4, 0.5) is 0 Å². The van der Waals surface area contributed by atoms with E-state index in [-0.39, 0.29) is 12.4 Å². The summed E-state index contributed by atoms with van der Waals surface area (Å²) in [5, 5.41) is 0. The molecule has 0 aromatic carbocycles. The van der Waals surface area contributed by atoms with Crippen LogP contribution in [0, 0.1) is 5.92 Å². The molecule has 92 valence electrons. The maximum Gasteiger partial charge on any atom is 0.117 e. The Morgan fingerprint density at radius 3 is 2.69 bits per heavy atom. The minimum atomic E-state index is 0. The maximum absolute atomic E-state index is 5.58. The highest BCUT2D eigenvalue weighted by Crippen LogP contribution is 2.21. The average Bonchev–Trinajstić information content (AvgIpc) is 2.74. The number of nitrogens with two attached hydrogens (primary N) is 1. The molecule has 0 amide bonds. The van der Waals surface area contributed by atoms with Crippen LogP contribution in [0.5, 0.6) is 0 Å². The van der Waals surface area contributed by atoms with Gasteiger partial charge in [0.15, 0.2) is 0 Å². The largest absolute Gasteiger partial charge is 0.468 e. The average molecular weight is 245 g/mol. The lowest BCUT2D eigenvalue weighted by molar-refractivity contribution is 0.163. The van der Waals surface area contributed by atoms with Crippen LogP contribution in [0.25, 0.3) is 0 Å². The Labute approximate surface area is 103 Å². The zero-order valence-corrected chi connectivity index (χ0v) is 10.4. The van der Waals surface area contributed by atoms with E-state index >= 15 is 0 Å². The van der Waals surface area contributed by atoms with Crippen molar-refractivity contribution in [3.63, 3.8) is 0 Å². The van der Waals surface area contributed by atoms with E-state index in [4.69, 9.17) is 10.2 Å². The minimum Gasteiger partial charge on any atom is -0.468 e. The van der Waals surface area contributed by atoms with Crippen LogP contribution >= 0.6 is 12.4 Å². The Hall–Kier alpha value is -0.510. The van der Waals surface area contributed by atoms with E-state index in [1.54, 1.807) is 6.26 Å². The van der Waals surface area contributed by atoms with Gasteiger partial charge >= 0.3 is 0 Å². The number of halogens is 1. The van der Waals surface area contributed by atoms with Gasteiger partial charge in [0.1, 0.15) is 5.76 Å². The second-order valence-electron chi connectivity index (χ2n) is 4.38. The summed E-state index contributed by atoms with van der Waals surface area (Å²) in [5.74, 6) is 1.93. The summed E-state index contributed by atoms with van der Waals surface area (Å²) in [7, 11) is 0. The van der Waals surface area contributed by atoms with Gasteiger partial charge in [0, 0.05) is 0 Å². The van der Waals surface area contributed by atoms with Crippen LogP contribution in [0.15, 0.2) is 22.8 Å². The van der Waals surface area contributed by atoms with Gasteiger partial charge in [-0.1, -0.05) is 0 Å². The highest BCUT2D eigenvalue weighted by molar-refractivity contribution is 5.85. The first kappa shape index (κ1) is 13.6. The number of piperidine rings is 1. The molecule has 2 rings (SSSR count). The van der Waals surface area contributed by atoms with Crippen molar-refractivity contribution in [3.05, 3.63) is 24.2 Å². The SMILES string of the molecule is Cl.NCCC1CCN(Cc2ccco2)CC1. The van der Waals surface area contributed by atoms with Crippen LogP contribution in [0.3, 0.4) is 0 Å². The molecule has 1 aliphatic rings. The number of nitrogens with zero attached hydrogens (tertiary/aromatic N) is 1. The van der Waals surface area contributed by atoms with Crippen molar-refractivity contribution in [1.82, 2.24) is 4.90 Å². The molecule has 1 aromatic heterocycles. The number of likely N-dealkylation sites (tertiary alicyclic amines) is 1. The molecular weight excluding hydrogens is 224 g/mol. The second kappa shape index (κ2) is 6.94. The normalized spacial score (nSPS) is 18.3. The van der Waals surface area contributed by atoms with Crippen LogP contribution in [0.2, 0.25) is 0 Å². The van der Waals surface area contributed by atoms with E-state index in [0.717, 1.165) is 24.8 Å². The third-order valence-corrected chi connectivity index (χ3v) is 3.24. The van der Waals surface area contributed by atoms with Crippen LogP contribution in [-0.2, 0) is 6.54 Å². The summed E-state index contributed by atoms with van der Waals surface area (Å²) in [6.45, 7) is 4.17. The number of hydrogen-bond acceptors (Lipinski definition) is 3. The van der Waals surface area contributed by atoms with E-state index in [0.29, 0.717) is 0 Å². The van der Waals surface area contributed by atoms with Gasteiger partial charge in [0.05, 0.1) is 12.8 Å². The topological polar surface area (TPSA) is 42.4 Å². The molecule has 2 heterocycles. The molecule has 0 bridgehead atoms. The fraction of sp³-hybridized carbons (Fsp3) is 0.667. The smallest absolute Gasteiger partial charge is 0.117 e. The summed E-state index contributed by atoms with van der Waals surface area (Å²) in [6.07, 6.45) is 5.51. The molecule has 16 heavy (non-hydrogen) atoms. The molecule has 1 fully saturated rings. The van der Waals surface area contributed by atoms with Crippen molar-refractivity contribution in [2.24, 2.45) is 11.7 Å². The molecule has 4 heteroatoms. The van der Waals surface area contributed by atoms with E-state index in [9.17, 15) is 0 Å². The third kappa shape index (κ3) is 3.81. The lowest BCUT2D eigenvalue weighted by atomic mass is 9.93. The predicted octanol–water partition coefficient (Wildman–Crippen LogP) is 2.26. The monoisotopic (exact) mass is 244 g/mol. The molecule has 0 unspecified atom stereocenters. The van der Waals surface area contributed by atoms with Crippen molar-refractivity contribution in [2.75, 3.05) is 19.6 Å². The van der Waals surface area contributed by atoms with Gasteiger partial charge < -0.3 is 10.2 Å². The molecule has 2 N–H and O–H groups in total. The fourth-order valence-corrected chi connectivity index (χ4v) is 2.29. The van der Waals surface area contributed by atoms with E-state index < -0.39 is 0 Å². The van der Waals surface area contributed by atoms with Crippen molar-refractivity contribution in [2.45, 2.75) is 25.8 Å². The van der Waals surface area contributed by atoms with Crippen molar-refractivity contribution >= 4 is 12.4 Å². The first-order valence-electron chi connectivity index (χ1n) is 5.83. The first-order valence-corrected chi connectivity index (χ1v) is 5.83. The van der Waals surface area contributed by atoms with Gasteiger partial charge in [-0.05, 0) is 56.9 Å². The Bertz CT molecular complexity index is 269. The van der Waals surface area contributed by atoms with Crippen LogP contribution < -0.4 is 5.73 Å². The summed E-state index contributed by atoms with van der Waals surface area (Å²) in [6, 6.07) is 4.00. The van der Waals surface area contributed by atoms with Gasteiger partial charge in [-0.2, -0.15) is 0 Å². The Morgan fingerprint density at radius 2 is 2.12 bits per heavy atom. The minimum absolute atomic E-state index is 0. The molecule has 1 saturated heterocycles. The summed E-state index contributed by atoms with van der Waals surface area (Å²) in [5.41, 5.74) is 5.58. The highest BCUT2D eigenvalue weighted by atomic mass is 35.5. The third-order valence-electron chi connectivity index (χ3n) is 3.24. The zero-order valence-electron chi connectivity index (χ0n) is 9.60. The first-order chi connectivity index (χ1) is 7.38. The maximum atomic E-state index is 5.58. The summed E-state index contributed by atoms with van der Waals surface area (Å²) in [4.78, 5) is 2.46. The summed E-state index contributed by atoms with van der Waals surface area (Å²) < 4.78 is 5.35. The number of furan rings is 1. The van der Waals surface area contributed by atoms with Gasteiger partial charge in [-0.25, -0.2) is 0 Å². The molecule has 3 nitrogen and oxygen atoms in total. The predicted molar refractivity (Wildman–Crippen MR) is 67.6 cm³/mol. The van der Waals surface area contributed by atoms with Crippen molar-refractivity contribution in [3.8, 4) is 0 Å². The Balaban J connectivity index is 0.00000128. The second-order valence-corrected chi connectivity index (χ2v) is 4.38. The lowest BCUT2D eigenvalue weighted by Gasteiger charge is -2.31. The molecule has 0 atom stereocenters. The zero-order chi connectivity index (χ0) is 10.5. The van der Waals surface area contributed by atoms with E-state index in [1.165, 1.54) is 32.4 Å². The van der Waals surface area contributed by atoms with Crippen LogP contribution in [0.1, 0.15) is 25.0 Å². The number of rotatable bonds is 4. The van der Waals surface area contributed by atoms with Gasteiger partial charge in [0.2, 0.25) is 0 Å². The molecule has 0 aliphatic carbocycles. The standard InChI is InChI=1S/C12H20N2O.ClH/c13-6-3-11-4-7-14(8-5-11)10-12-2-1-9-15-12;/h1-2,9,11H,3-8,10,13H2;1H. The molecule has 1 aromatic rings. The van der Waals surface area contributed by atoms with Crippen molar-refractivity contribution < 1.29 is 4.42 Å². The lowest BCUT2D eigenvalue weighted by Crippen LogP contribution is -2.33. The Morgan fingerprint density at radius 1 is 1.38 bits per heavy atom. The van der Waals surface area contributed by atoms with E-state index in [2.05, 4.69) is 4.90 Å². The molecular formula is C12H21ClN2O. The molecule has 0 saturated carbocycles. The number of hydrogen-bond donors (Lipinski definition) is 1. The highest BCUT2D eigenvalue weighted by Gasteiger charge is 2.18. The fourth-order valence-electron chi connectivity index (χ4n) is 2.29. The molecule has 0 radical (unpaired) electrons. The van der Waals surface area contributed by atoms with E-state index in [1.807, 2.05) is 12.1 Å². The quantitative estimate of drug-likeness (QED) is 0.884. The van der Waals surface area contributed by atoms with Crippen molar-refractivity contribution in [1.29, 1.82) is 0 Å². The molecule has 1 aliphatic heterocycles. The van der Waals surface area contributed by atoms with Crippen LogP contribution in [-0.4, -0.2) is 24.5 Å². The van der Waals surface area contributed by atoms with Gasteiger partial charge in [-0.3, -0.25) is 4.90 Å². The van der Waals surface area contributed by atoms with Gasteiger partial charge in [-0.15, -0.1) is 12.4 Å².